The van der Waals surface area contributed by atoms with Crippen LogP contribution in [0.3, 0.4) is 0 Å². The second kappa shape index (κ2) is 7.09. The monoisotopic (exact) mass is 369 g/mol. The zero-order valence-electron chi connectivity index (χ0n) is 11.8. The summed E-state index contributed by atoms with van der Waals surface area (Å²) in [6.45, 7) is 4.86. The molecule has 112 valence electrons. The molecule has 1 heterocycles. The Morgan fingerprint density at radius 1 is 1.43 bits per heavy atom. The number of aromatic nitrogens is 3. The predicted octanol–water partition coefficient (Wildman–Crippen LogP) is 3.60. The molecule has 2 rings (SSSR count). The molecule has 0 aliphatic rings. The maximum absolute atomic E-state index is 10.7. The van der Waals surface area contributed by atoms with Crippen LogP contribution in [0.2, 0.25) is 0 Å². The number of thioether (sulfide) groups is 1. The van der Waals surface area contributed by atoms with Crippen molar-refractivity contribution in [2.24, 2.45) is 0 Å². The van der Waals surface area contributed by atoms with E-state index in [0.29, 0.717) is 5.16 Å². The number of carboxylic acid groups (broad SMARTS) is 1. The van der Waals surface area contributed by atoms with Crippen molar-refractivity contribution < 1.29 is 9.90 Å². The third kappa shape index (κ3) is 3.85. The second-order valence-corrected chi connectivity index (χ2v) is 6.46. The number of carbonyl (C=O) groups is 1. The van der Waals surface area contributed by atoms with Gasteiger partial charge in [-0.25, -0.2) is 0 Å². The fourth-order valence-corrected chi connectivity index (χ4v) is 3.18. The molecule has 21 heavy (non-hydrogen) atoms. The van der Waals surface area contributed by atoms with Crippen LogP contribution in [0.25, 0.3) is 11.4 Å². The number of halogens is 1. The third-order valence-corrected chi connectivity index (χ3v) is 4.36. The Morgan fingerprint density at radius 2 is 2.19 bits per heavy atom. The van der Waals surface area contributed by atoms with Gasteiger partial charge in [0.05, 0.1) is 5.75 Å². The van der Waals surface area contributed by atoms with Crippen molar-refractivity contribution in [1.29, 1.82) is 0 Å². The zero-order chi connectivity index (χ0) is 15.4. The van der Waals surface area contributed by atoms with E-state index in [1.54, 1.807) is 0 Å². The highest BCUT2D eigenvalue weighted by molar-refractivity contribution is 9.10. The van der Waals surface area contributed by atoms with Crippen molar-refractivity contribution in [3.8, 4) is 11.4 Å². The van der Waals surface area contributed by atoms with Crippen molar-refractivity contribution in [3.05, 3.63) is 28.2 Å². The van der Waals surface area contributed by atoms with Gasteiger partial charge in [0.25, 0.3) is 0 Å². The maximum Gasteiger partial charge on any atom is 0.313 e. The molecule has 0 saturated carbocycles. The molecule has 2 aromatic rings. The first kappa shape index (κ1) is 16.0. The summed E-state index contributed by atoms with van der Waals surface area (Å²) >= 11 is 4.65. The van der Waals surface area contributed by atoms with Crippen LogP contribution in [0, 0.1) is 6.92 Å². The second-order valence-electron chi connectivity index (χ2n) is 4.60. The third-order valence-electron chi connectivity index (χ3n) is 2.92. The summed E-state index contributed by atoms with van der Waals surface area (Å²) < 4.78 is 3.01. The van der Waals surface area contributed by atoms with Crippen molar-refractivity contribution in [2.75, 3.05) is 5.75 Å². The highest BCUT2D eigenvalue weighted by Crippen LogP contribution is 2.28. The van der Waals surface area contributed by atoms with Gasteiger partial charge < -0.3 is 9.67 Å². The predicted molar refractivity (Wildman–Crippen MR) is 86.5 cm³/mol. The summed E-state index contributed by atoms with van der Waals surface area (Å²) in [7, 11) is 0. The number of hydrogen-bond donors (Lipinski definition) is 1. The molecule has 1 aromatic heterocycles. The molecule has 5 nitrogen and oxygen atoms in total. The molecular formula is C14H16BrN3O2S. The van der Waals surface area contributed by atoms with Crippen LogP contribution in [0.5, 0.6) is 0 Å². The van der Waals surface area contributed by atoms with Crippen LogP contribution < -0.4 is 0 Å². The molecule has 0 bridgehead atoms. The molecule has 7 heteroatoms. The Bertz CT molecular complexity index is 658. The molecule has 1 aromatic carbocycles. The van der Waals surface area contributed by atoms with Gasteiger partial charge in [0.15, 0.2) is 11.0 Å². The highest BCUT2D eigenvalue weighted by Gasteiger charge is 2.16. The van der Waals surface area contributed by atoms with Gasteiger partial charge in [-0.05, 0) is 37.1 Å². The van der Waals surface area contributed by atoms with Crippen molar-refractivity contribution in [2.45, 2.75) is 32.0 Å². The number of hydrogen-bond acceptors (Lipinski definition) is 4. The van der Waals surface area contributed by atoms with Gasteiger partial charge >= 0.3 is 5.97 Å². The van der Waals surface area contributed by atoms with Gasteiger partial charge in [0, 0.05) is 16.6 Å². The van der Waals surface area contributed by atoms with E-state index in [0.717, 1.165) is 34.4 Å². The summed E-state index contributed by atoms with van der Waals surface area (Å²) in [5.74, 6) is -0.0802. The van der Waals surface area contributed by atoms with Crippen LogP contribution in [0.1, 0.15) is 18.9 Å². The molecule has 1 N–H and O–H groups in total. The van der Waals surface area contributed by atoms with E-state index in [2.05, 4.69) is 33.1 Å². The summed E-state index contributed by atoms with van der Waals surface area (Å²) in [6, 6.07) is 6.00. The van der Waals surface area contributed by atoms with Gasteiger partial charge in [-0.2, -0.15) is 0 Å². The SMILES string of the molecule is CCCn1c(SCC(=O)O)nnc1-c1ccc(Br)cc1C. The fourth-order valence-electron chi connectivity index (χ4n) is 2.02. The minimum atomic E-state index is -0.854. The quantitative estimate of drug-likeness (QED) is 0.787. The van der Waals surface area contributed by atoms with Gasteiger partial charge in [-0.1, -0.05) is 34.6 Å². The lowest BCUT2D eigenvalue weighted by atomic mass is 10.1. The van der Waals surface area contributed by atoms with Crippen LogP contribution in [-0.2, 0) is 11.3 Å². The molecule has 0 saturated heterocycles. The lowest BCUT2D eigenvalue weighted by Gasteiger charge is -2.10. The molecule has 0 spiro atoms. The average molecular weight is 370 g/mol. The van der Waals surface area contributed by atoms with E-state index in [1.165, 1.54) is 11.8 Å². The summed E-state index contributed by atoms with van der Waals surface area (Å²) in [5.41, 5.74) is 2.12. The Morgan fingerprint density at radius 3 is 2.81 bits per heavy atom. The normalized spacial score (nSPS) is 10.8. The van der Waals surface area contributed by atoms with E-state index in [-0.39, 0.29) is 5.75 Å². The van der Waals surface area contributed by atoms with Crippen LogP contribution in [0.4, 0.5) is 0 Å². The van der Waals surface area contributed by atoms with Gasteiger partial charge in [-0.15, -0.1) is 10.2 Å². The smallest absolute Gasteiger partial charge is 0.313 e. The van der Waals surface area contributed by atoms with E-state index in [4.69, 9.17) is 5.11 Å². The Kier molecular flexibility index (Phi) is 5.41. The molecule has 0 unspecified atom stereocenters. The first-order valence-corrected chi connectivity index (χ1v) is 8.35. The number of rotatable bonds is 6. The zero-order valence-corrected chi connectivity index (χ0v) is 14.2. The van der Waals surface area contributed by atoms with Crippen molar-refractivity contribution in [3.63, 3.8) is 0 Å². The fraction of sp³-hybridized carbons (Fsp3) is 0.357. The molecule has 0 aliphatic carbocycles. The topological polar surface area (TPSA) is 68.0 Å². The van der Waals surface area contributed by atoms with Crippen LogP contribution >= 0.6 is 27.7 Å². The molecule has 0 amide bonds. The summed E-state index contributed by atoms with van der Waals surface area (Å²) in [4.78, 5) is 10.7. The minimum absolute atomic E-state index is 0.0127. The first-order chi connectivity index (χ1) is 10.0. The first-order valence-electron chi connectivity index (χ1n) is 6.57. The van der Waals surface area contributed by atoms with Crippen LogP contribution in [0.15, 0.2) is 27.8 Å². The van der Waals surface area contributed by atoms with Gasteiger partial charge in [-0.3, -0.25) is 4.79 Å². The number of benzene rings is 1. The average Bonchev–Trinajstić information content (AvgIpc) is 2.80. The van der Waals surface area contributed by atoms with Gasteiger partial charge in [0.1, 0.15) is 0 Å². The number of nitrogens with zero attached hydrogens (tertiary/aromatic N) is 3. The molecule has 0 radical (unpaired) electrons. The summed E-state index contributed by atoms with van der Waals surface area (Å²) in [6.07, 6.45) is 0.932. The molecular weight excluding hydrogens is 354 g/mol. The minimum Gasteiger partial charge on any atom is -0.481 e. The molecule has 0 atom stereocenters. The van der Waals surface area contributed by atoms with Gasteiger partial charge in [0.2, 0.25) is 0 Å². The van der Waals surface area contributed by atoms with E-state index in [1.807, 2.05) is 29.7 Å². The molecule has 0 fully saturated rings. The largest absolute Gasteiger partial charge is 0.481 e. The molecule has 0 aliphatic heterocycles. The lowest BCUT2D eigenvalue weighted by molar-refractivity contribution is -0.133. The van der Waals surface area contributed by atoms with E-state index < -0.39 is 5.97 Å². The Hall–Kier alpha value is -1.34. The van der Waals surface area contributed by atoms with E-state index in [9.17, 15) is 4.79 Å². The van der Waals surface area contributed by atoms with Crippen LogP contribution in [-0.4, -0.2) is 31.6 Å². The Labute approximate surface area is 135 Å². The highest BCUT2D eigenvalue weighted by atomic mass is 79.9. The maximum atomic E-state index is 10.7. The van der Waals surface area contributed by atoms with Crippen molar-refractivity contribution in [1.82, 2.24) is 14.8 Å². The number of aryl methyl sites for hydroxylation is 1. The standard InChI is InChI=1S/C14H16BrN3O2S/c1-3-6-18-13(11-5-4-10(15)7-9(11)2)16-17-14(18)21-8-12(19)20/h4-5,7H,3,6,8H2,1-2H3,(H,19,20). The number of carboxylic acids is 1. The number of aliphatic carboxylic acids is 1. The summed E-state index contributed by atoms with van der Waals surface area (Å²) in [5, 5.41) is 17.9. The Balaban J connectivity index is 2.41. The van der Waals surface area contributed by atoms with E-state index >= 15 is 0 Å². The van der Waals surface area contributed by atoms with Crippen molar-refractivity contribution >= 4 is 33.7 Å². The lowest BCUT2D eigenvalue weighted by Crippen LogP contribution is -2.05.